The van der Waals surface area contributed by atoms with E-state index in [2.05, 4.69) is 5.32 Å². The monoisotopic (exact) mass is 321 g/mol. The first-order valence-corrected chi connectivity index (χ1v) is 8.00. The van der Waals surface area contributed by atoms with E-state index in [1.165, 1.54) is 6.07 Å². The minimum atomic E-state index is -0.780. The predicted molar refractivity (Wildman–Crippen MR) is 80.5 cm³/mol. The molecule has 1 saturated carbocycles. The van der Waals surface area contributed by atoms with Gasteiger partial charge in [0.1, 0.15) is 0 Å². The van der Waals surface area contributed by atoms with Crippen LogP contribution in [0.15, 0.2) is 18.2 Å². The minimum absolute atomic E-state index is 0.0732. The molecule has 2 N–H and O–H groups in total. The molecule has 0 saturated heterocycles. The normalized spacial score (nSPS) is 26.7. The number of carbonyl (C=O) groups excluding carboxylic acids is 1. The summed E-state index contributed by atoms with van der Waals surface area (Å²) in [6, 6.07) is 4.47. The van der Waals surface area contributed by atoms with Crippen molar-refractivity contribution in [3.8, 4) is 5.75 Å². The van der Waals surface area contributed by atoms with Crippen molar-refractivity contribution in [3.05, 3.63) is 29.6 Å². The lowest BCUT2D eigenvalue weighted by molar-refractivity contribution is -0.144. The number of ether oxygens (including phenoxy) is 1. The van der Waals surface area contributed by atoms with Crippen molar-refractivity contribution in [2.24, 2.45) is 11.8 Å². The van der Waals surface area contributed by atoms with Crippen LogP contribution in [0.4, 0.5) is 4.39 Å². The van der Waals surface area contributed by atoms with Crippen molar-refractivity contribution >= 4 is 11.9 Å². The van der Waals surface area contributed by atoms with Gasteiger partial charge >= 0.3 is 5.97 Å². The number of halogens is 1. The molecule has 2 aliphatic rings. The van der Waals surface area contributed by atoms with Gasteiger partial charge in [-0.05, 0) is 31.7 Å². The number of fused-ring (bicyclic) bond motifs is 1. The molecule has 0 aromatic heterocycles. The SMILES string of the molecule is O=C(O)C1CCC(C(=O)N[C@H]2CCOc3c(F)cccc32)CC1. The largest absolute Gasteiger partial charge is 0.490 e. The zero-order valence-electron chi connectivity index (χ0n) is 12.8. The van der Waals surface area contributed by atoms with Gasteiger partial charge in [-0.25, -0.2) is 4.39 Å². The second-order valence-electron chi connectivity index (χ2n) is 6.24. The predicted octanol–water partition coefficient (Wildman–Crippen LogP) is 2.66. The van der Waals surface area contributed by atoms with Crippen LogP contribution in [0.5, 0.6) is 5.75 Å². The van der Waals surface area contributed by atoms with Gasteiger partial charge in [0.15, 0.2) is 11.6 Å². The summed E-state index contributed by atoms with van der Waals surface area (Å²) in [4.78, 5) is 23.4. The molecule has 1 amide bonds. The molecular formula is C17H20FNO4. The quantitative estimate of drug-likeness (QED) is 0.897. The van der Waals surface area contributed by atoms with Gasteiger partial charge < -0.3 is 15.2 Å². The number of benzene rings is 1. The van der Waals surface area contributed by atoms with Gasteiger partial charge in [0.05, 0.1) is 18.6 Å². The third kappa shape index (κ3) is 3.30. The maximum absolute atomic E-state index is 13.8. The third-order valence-corrected chi connectivity index (χ3v) is 4.79. The van der Waals surface area contributed by atoms with Crippen LogP contribution in [-0.2, 0) is 9.59 Å². The Morgan fingerprint density at radius 3 is 2.52 bits per heavy atom. The Labute approximate surface area is 133 Å². The second-order valence-corrected chi connectivity index (χ2v) is 6.24. The highest BCUT2D eigenvalue weighted by molar-refractivity contribution is 5.80. The lowest BCUT2D eigenvalue weighted by atomic mass is 9.81. The highest BCUT2D eigenvalue weighted by atomic mass is 19.1. The number of amides is 1. The van der Waals surface area contributed by atoms with Crippen molar-refractivity contribution < 1.29 is 23.8 Å². The zero-order chi connectivity index (χ0) is 16.4. The van der Waals surface area contributed by atoms with Crippen LogP contribution in [0.25, 0.3) is 0 Å². The van der Waals surface area contributed by atoms with Crippen LogP contribution in [0.3, 0.4) is 0 Å². The van der Waals surface area contributed by atoms with Gasteiger partial charge in [-0.15, -0.1) is 0 Å². The lowest BCUT2D eigenvalue weighted by Crippen LogP contribution is -2.38. The molecule has 0 spiro atoms. The second kappa shape index (κ2) is 6.56. The van der Waals surface area contributed by atoms with Crippen molar-refractivity contribution in [1.29, 1.82) is 0 Å². The number of carbonyl (C=O) groups is 2. The standard InChI is InChI=1S/C17H20FNO4/c18-13-3-1-2-12-14(8-9-23-15(12)13)19-16(20)10-4-6-11(7-5-10)17(21)22/h1-3,10-11,14H,4-9H2,(H,19,20)(H,21,22)/t10?,11?,14-/m0/s1. The van der Waals surface area contributed by atoms with Gasteiger partial charge in [0.25, 0.3) is 0 Å². The number of hydrogen-bond acceptors (Lipinski definition) is 3. The Kier molecular flexibility index (Phi) is 4.50. The summed E-state index contributed by atoms with van der Waals surface area (Å²) in [6.07, 6.45) is 2.84. The van der Waals surface area contributed by atoms with E-state index in [0.717, 1.165) is 0 Å². The number of carboxylic acids is 1. The average Bonchev–Trinajstić information content (AvgIpc) is 2.56. The van der Waals surface area contributed by atoms with E-state index in [9.17, 15) is 14.0 Å². The van der Waals surface area contributed by atoms with Gasteiger partial charge in [-0.3, -0.25) is 9.59 Å². The molecule has 0 unspecified atom stereocenters. The smallest absolute Gasteiger partial charge is 0.306 e. The molecule has 1 aromatic carbocycles. The summed E-state index contributed by atoms with van der Waals surface area (Å²) in [6.45, 7) is 0.366. The fourth-order valence-corrected chi connectivity index (χ4v) is 3.43. The summed E-state index contributed by atoms with van der Waals surface area (Å²) in [5, 5.41) is 12.0. The van der Waals surface area contributed by atoms with Crippen LogP contribution in [0.2, 0.25) is 0 Å². The van der Waals surface area contributed by atoms with Gasteiger partial charge in [0, 0.05) is 17.9 Å². The average molecular weight is 321 g/mol. The first-order chi connectivity index (χ1) is 11.1. The van der Waals surface area contributed by atoms with Gasteiger partial charge in [-0.2, -0.15) is 0 Å². The molecule has 1 aliphatic carbocycles. The van der Waals surface area contributed by atoms with E-state index in [4.69, 9.17) is 9.84 Å². The molecule has 0 radical (unpaired) electrons. The number of carboxylic acid groups (broad SMARTS) is 1. The number of rotatable bonds is 3. The maximum Gasteiger partial charge on any atom is 0.306 e. The minimum Gasteiger partial charge on any atom is -0.490 e. The highest BCUT2D eigenvalue weighted by Gasteiger charge is 2.32. The number of para-hydroxylation sites is 1. The molecule has 0 bridgehead atoms. The van der Waals surface area contributed by atoms with Gasteiger partial charge in [-0.1, -0.05) is 12.1 Å². The van der Waals surface area contributed by atoms with E-state index >= 15 is 0 Å². The van der Waals surface area contributed by atoms with E-state index in [1.807, 2.05) is 0 Å². The summed E-state index contributed by atoms with van der Waals surface area (Å²) in [5.41, 5.74) is 0.670. The fourth-order valence-electron chi connectivity index (χ4n) is 3.43. The maximum atomic E-state index is 13.8. The highest BCUT2D eigenvalue weighted by Crippen LogP contribution is 2.35. The molecule has 1 aliphatic heterocycles. The molecule has 3 rings (SSSR count). The third-order valence-electron chi connectivity index (χ3n) is 4.79. The molecule has 1 atom stereocenters. The summed E-state index contributed by atoms with van der Waals surface area (Å²) in [7, 11) is 0. The van der Waals surface area contributed by atoms with E-state index in [0.29, 0.717) is 44.3 Å². The van der Waals surface area contributed by atoms with Gasteiger partial charge in [0.2, 0.25) is 5.91 Å². The van der Waals surface area contributed by atoms with Crippen LogP contribution >= 0.6 is 0 Å². The number of hydrogen-bond donors (Lipinski definition) is 2. The van der Waals surface area contributed by atoms with Crippen LogP contribution in [0.1, 0.15) is 43.7 Å². The lowest BCUT2D eigenvalue weighted by Gasteiger charge is -2.30. The van der Waals surface area contributed by atoms with Crippen molar-refractivity contribution in [2.75, 3.05) is 6.61 Å². The Morgan fingerprint density at radius 1 is 1.13 bits per heavy atom. The Bertz CT molecular complexity index is 611. The first kappa shape index (κ1) is 15.8. The molecule has 1 heterocycles. The van der Waals surface area contributed by atoms with E-state index in [1.54, 1.807) is 12.1 Å². The molecule has 6 heteroatoms. The molecule has 5 nitrogen and oxygen atoms in total. The molecule has 124 valence electrons. The van der Waals surface area contributed by atoms with Crippen LogP contribution in [0, 0.1) is 17.7 Å². The summed E-state index contributed by atoms with van der Waals surface area (Å²) >= 11 is 0. The Morgan fingerprint density at radius 2 is 1.83 bits per heavy atom. The molecular weight excluding hydrogens is 301 g/mol. The number of nitrogens with one attached hydrogen (secondary N) is 1. The Hall–Kier alpha value is -2.11. The Balaban J connectivity index is 1.64. The van der Waals surface area contributed by atoms with Crippen molar-refractivity contribution in [1.82, 2.24) is 5.32 Å². The van der Waals surface area contributed by atoms with Crippen LogP contribution < -0.4 is 10.1 Å². The zero-order valence-corrected chi connectivity index (χ0v) is 12.8. The summed E-state index contributed by atoms with van der Waals surface area (Å²) < 4.78 is 19.1. The molecule has 23 heavy (non-hydrogen) atoms. The summed E-state index contributed by atoms with van der Waals surface area (Å²) in [5.74, 6) is -1.54. The van der Waals surface area contributed by atoms with E-state index < -0.39 is 11.8 Å². The fraction of sp³-hybridized carbons (Fsp3) is 0.529. The van der Waals surface area contributed by atoms with Crippen molar-refractivity contribution in [3.63, 3.8) is 0 Å². The number of aliphatic carboxylic acids is 1. The first-order valence-electron chi connectivity index (χ1n) is 8.00. The van der Waals surface area contributed by atoms with E-state index in [-0.39, 0.29) is 29.5 Å². The molecule has 1 fully saturated rings. The van der Waals surface area contributed by atoms with Crippen molar-refractivity contribution in [2.45, 2.75) is 38.1 Å². The topological polar surface area (TPSA) is 75.6 Å². The van der Waals surface area contributed by atoms with Crippen LogP contribution in [-0.4, -0.2) is 23.6 Å². The molecule has 1 aromatic rings.